The van der Waals surface area contributed by atoms with Crippen LogP contribution in [0.3, 0.4) is 0 Å². The van der Waals surface area contributed by atoms with E-state index in [1.807, 2.05) is 11.3 Å². The van der Waals surface area contributed by atoms with Crippen LogP contribution in [0.15, 0.2) is 0 Å². The molecule has 0 unspecified atom stereocenters. The highest BCUT2D eigenvalue weighted by Gasteiger charge is 2.29. The second kappa shape index (κ2) is 5.29. The number of aromatic nitrogens is 1. The molecule has 4 heteroatoms. The van der Waals surface area contributed by atoms with E-state index in [1.165, 1.54) is 60.9 Å². The fourth-order valence-corrected chi connectivity index (χ4v) is 3.93. The first-order valence-corrected chi connectivity index (χ1v) is 8.13. The Morgan fingerprint density at radius 1 is 1.29 bits per heavy atom. The van der Waals surface area contributed by atoms with Crippen molar-refractivity contribution < 1.29 is 0 Å². The Hall–Kier alpha value is -0.0600. The molecule has 1 aliphatic heterocycles. The molecule has 0 aromatic carbocycles. The van der Waals surface area contributed by atoms with Crippen LogP contribution in [-0.2, 0) is 12.2 Å². The maximum Gasteiger partial charge on any atom is 0.0944 e. The molecule has 2 aliphatic rings. The van der Waals surface area contributed by atoms with Gasteiger partial charge in [-0.1, -0.05) is 0 Å². The standard InChI is InChI=1S/C13H20N2S2/c16-9-11-13(10-3-4-10)14-12(17-11)5-8-15-6-1-2-7-15/h10,16H,1-9H2. The Morgan fingerprint density at radius 2 is 2.06 bits per heavy atom. The van der Waals surface area contributed by atoms with Gasteiger partial charge in [0.15, 0.2) is 0 Å². The van der Waals surface area contributed by atoms with E-state index in [4.69, 9.17) is 4.98 Å². The molecule has 1 aromatic heterocycles. The van der Waals surface area contributed by atoms with Gasteiger partial charge >= 0.3 is 0 Å². The highest BCUT2D eigenvalue weighted by Crippen LogP contribution is 2.43. The molecule has 17 heavy (non-hydrogen) atoms. The lowest BCUT2D eigenvalue weighted by atomic mass is 10.2. The van der Waals surface area contributed by atoms with Crippen molar-refractivity contribution in [2.45, 2.75) is 43.8 Å². The minimum atomic E-state index is 0.772. The van der Waals surface area contributed by atoms with E-state index in [0.717, 1.165) is 18.1 Å². The topological polar surface area (TPSA) is 16.1 Å². The number of likely N-dealkylation sites (tertiary alicyclic amines) is 1. The summed E-state index contributed by atoms with van der Waals surface area (Å²) >= 11 is 6.33. The summed E-state index contributed by atoms with van der Waals surface area (Å²) in [4.78, 5) is 8.84. The Kier molecular flexibility index (Phi) is 3.73. The van der Waals surface area contributed by atoms with E-state index in [0.29, 0.717) is 0 Å². The fourth-order valence-electron chi connectivity index (χ4n) is 2.57. The third-order valence-electron chi connectivity index (χ3n) is 3.72. The van der Waals surface area contributed by atoms with E-state index in [9.17, 15) is 0 Å². The molecule has 94 valence electrons. The van der Waals surface area contributed by atoms with Crippen LogP contribution in [0.4, 0.5) is 0 Å². The molecule has 0 N–H and O–H groups in total. The van der Waals surface area contributed by atoms with Crippen molar-refractivity contribution >= 4 is 24.0 Å². The summed E-state index contributed by atoms with van der Waals surface area (Å²) in [6, 6.07) is 0. The maximum absolute atomic E-state index is 4.85. The molecule has 0 spiro atoms. The fraction of sp³-hybridized carbons (Fsp3) is 0.769. The lowest BCUT2D eigenvalue weighted by Gasteiger charge is -2.12. The predicted octanol–water partition coefficient (Wildman–Crippen LogP) is 3.09. The summed E-state index contributed by atoms with van der Waals surface area (Å²) in [5.74, 6) is 1.64. The lowest BCUT2D eigenvalue weighted by molar-refractivity contribution is 0.343. The van der Waals surface area contributed by atoms with Crippen LogP contribution in [0.1, 0.15) is 47.2 Å². The Bertz CT molecular complexity index is 379. The quantitative estimate of drug-likeness (QED) is 0.826. The first-order valence-electron chi connectivity index (χ1n) is 6.68. The largest absolute Gasteiger partial charge is 0.303 e. The van der Waals surface area contributed by atoms with Crippen LogP contribution >= 0.6 is 24.0 Å². The molecular weight excluding hydrogens is 248 g/mol. The molecule has 1 saturated heterocycles. The first kappa shape index (κ1) is 12.0. The van der Waals surface area contributed by atoms with Gasteiger partial charge in [0.1, 0.15) is 0 Å². The summed E-state index contributed by atoms with van der Waals surface area (Å²) in [6.07, 6.45) is 6.59. The van der Waals surface area contributed by atoms with Gasteiger partial charge in [-0.15, -0.1) is 11.3 Å². The van der Waals surface area contributed by atoms with Gasteiger partial charge in [0.25, 0.3) is 0 Å². The Balaban J connectivity index is 1.61. The monoisotopic (exact) mass is 268 g/mol. The smallest absolute Gasteiger partial charge is 0.0944 e. The van der Waals surface area contributed by atoms with Crippen molar-refractivity contribution in [3.8, 4) is 0 Å². The zero-order valence-corrected chi connectivity index (χ0v) is 11.9. The normalized spacial score (nSPS) is 21.2. The lowest BCUT2D eigenvalue weighted by Crippen LogP contribution is -2.21. The molecule has 2 fully saturated rings. The zero-order valence-electron chi connectivity index (χ0n) is 10.2. The van der Waals surface area contributed by atoms with E-state index in [-0.39, 0.29) is 0 Å². The summed E-state index contributed by atoms with van der Waals surface area (Å²) < 4.78 is 0. The van der Waals surface area contributed by atoms with Crippen LogP contribution in [0.2, 0.25) is 0 Å². The number of hydrogen-bond donors (Lipinski definition) is 1. The van der Waals surface area contributed by atoms with Crippen LogP contribution in [-0.4, -0.2) is 29.5 Å². The molecule has 0 bridgehead atoms. The number of thiazole rings is 1. The van der Waals surface area contributed by atoms with E-state index < -0.39 is 0 Å². The van der Waals surface area contributed by atoms with Crippen LogP contribution < -0.4 is 0 Å². The van der Waals surface area contributed by atoms with Gasteiger partial charge in [0.05, 0.1) is 10.7 Å². The molecule has 0 amide bonds. The second-order valence-corrected chi connectivity index (χ2v) is 6.63. The highest BCUT2D eigenvalue weighted by molar-refractivity contribution is 7.79. The van der Waals surface area contributed by atoms with Gasteiger partial charge in [0.2, 0.25) is 0 Å². The van der Waals surface area contributed by atoms with Crippen molar-refractivity contribution in [1.29, 1.82) is 0 Å². The molecule has 0 atom stereocenters. The van der Waals surface area contributed by atoms with Crippen molar-refractivity contribution in [2.24, 2.45) is 0 Å². The predicted molar refractivity (Wildman–Crippen MR) is 76.2 cm³/mol. The summed E-state index contributed by atoms with van der Waals surface area (Å²) in [7, 11) is 0. The van der Waals surface area contributed by atoms with E-state index >= 15 is 0 Å². The Labute approximate surface area is 113 Å². The van der Waals surface area contributed by atoms with Gasteiger partial charge in [-0.25, -0.2) is 4.98 Å². The van der Waals surface area contributed by atoms with Crippen molar-refractivity contribution in [3.63, 3.8) is 0 Å². The molecule has 3 rings (SSSR count). The summed E-state index contributed by atoms with van der Waals surface area (Å²) in [5, 5.41) is 1.34. The van der Waals surface area contributed by atoms with Gasteiger partial charge in [-0.3, -0.25) is 0 Å². The molecular formula is C13H20N2S2. The van der Waals surface area contributed by atoms with Gasteiger partial charge < -0.3 is 4.90 Å². The molecule has 1 aromatic rings. The minimum Gasteiger partial charge on any atom is -0.303 e. The minimum absolute atomic E-state index is 0.772. The van der Waals surface area contributed by atoms with Crippen LogP contribution in [0.5, 0.6) is 0 Å². The summed E-state index contributed by atoms with van der Waals surface area (Å²) in [5.41, 5.74) is 1.38. The van der Waals surface area contributed by atoms with Crippen molar-refractivity contribution in [1.82, 2.24) is 9.88 Å². The van der Waals surface area contributed by atoms with Crippen LogP contribution in [0, 0.1) is 0 Å². The average molecular weight is 268 g/mol. The number of thiol groups is 1. The molecule has 1 aliphatic carbocycles. The number of rotatable bonds is 5. The second-order valence-electron chi connectivity index (χ2n) is 5.15. The first-order chi connectivity index (χ1) is 8.36. The van der Waals surface area contributed by atoms with Crippen LogP contribution in [0.25, 0.3) is 0 Å². The molecule has 0 radical (unpaired) electrons. The number of nitrogens with zero attached hydrogens (tertiary/aromatic N) is 2. The summed E-state index contributed by atoms with van der Waals surface area (Å²) in [6.45, 7) is 3.78. The van der Waals surface area contributed by atoms with Crippen molar-refractivity contribution in [2.75, 3.05) is 19.6 Å². The van der Waals surface area contributed by atoms with E-state index in [2.05, 4.69) is 17.5 Å². The van der Waals surface area contributed by atoms with Gasteiger partial charge in [-0.05, 0) is 38.8 Å². The average Bonchev–Trinajstić information content (AvgIpc) is 2.92. The van der Waals surface area contributed by atoms with Gasteiger partial charge in [0, 0.05) is 29.5 Å². The third kappa shape index (κ3) is 2.85. The van der Waals surface area contributed by atoms with E-state index in [1.54, 1.807) is 0 Å². The number of hydrogen-bond acceptors (Lipinski definition) is 4. The third-order valence-corrected chi connectivity index (χ3v) is 5.38. The van der Waals surface area contributed by atoms with Gasteiger partial charge in [-0.2, -0.15) is 12.6 Å². The Morgan fingerprint density at radius 3 is 2.71 bits per heavy atom. The van der Waals surface area contributed by atoms with Crippen molar-refractivity contribution in [3.05, 3.63) is 15.6 Å². The highest BCUT2D eigenvalue weighted by atomic mass is 32.1. The maximum atomic E-state index is 4.85. The molecule has 2 nitrogen and oxygen atoms in total. The zero-order chi connectivity index (χ0) is 11.7. The molecule has 1 saturated carbocycles. The SMILES string of the molecule is SCc1sc(CCN2CCCC2)nc1C1CC1. The molecule has 2 heterocycles.